The van der Waals surface area contributed by atoms with E-state index in [2.05, 4.69) is 13.8 Å². The fraction of sp³-hybridized carbons (Fsp3) is 1.00. The first-order valence-corrected chi connectivity index (χ1v) is 6.30. The summed E-state index contributed by atoms with van der Waals surface area (Å²) >= 11 is 0. The van der Waals surface area contributed by atoms with Crippen molar-refractivity contribution in [1.82, 2.24) is 0 Å². The molecule has 3 rings (SSSR count). The third kappa shape index (κ3) is 1.71. The Kier molecular flexibility index (Phi) is 2.63. The molecule has 1 nitrogen and oxygen atoms in total. The van der Waals surface area contributed by atoms with E-state index in [1.807, 2.05) is 0 Å². The maximum absolute atomic E-state index is 5.92. The lowest BCUT2D eigenvalue weighted by Crippen LogP contribution is -2.45. The molecule has 0 heterocycles. The predicted octanol–water partition coefficient (Wildman–Crippen LogP) is 3.33. The fourth-order valence-electron chi connectivity index (χ4n) is 3.82. The summed E-state index contributed by atoms with van der Waals surface area (Å²) in [4.78, 5) is 0. The lowest BCUT2D eigenvalue weighted by molar-refractivity contribution is -0.0159. The maximum Gasteiger partial charge on any atom is -0.00205 e. The Morgan fingerprint density at radius 3 is 1.71 bits per heavy atom. The van der Waals surface area contributed by atoms with E-state index in [1.165, 1.54) is 44.9 Å². The van der Waals surface area contributed by atoms with Gasteiger partial charge in [-0.05, 0) is 68.2 Å². The zero-order chi connectivity index (χ0) is 10.2. The van der Waals surface area contributed by atoms with Gasteiger partial charge in [-0.15, -0.1) is 0 Å². The van der Waals surface area contributed by atoms with E-state index in [9.17, 15) is 0 Å². The minimum atomic E-state index is 0.568. The van der Waals surface area contributed by atoms with Gasteiger partial charge in [0.15, 0.2) is 0 Å². The summed E-state index contributed by atoms with van der Waals surface area (Å²) in [6, 6.07) is 0. The highest BCUT2D eigenvalue weighted by molar-refractivity contribution is 4.99. The molecule has 0 unspecified atom stereocenters. The largest absolute Gasteiger partial charge is 0.330 e. The molecular weight excluding hydrogens is 170 g/mol. The van der Waals surface area contributed by atoms with Gasteiger partial charge in [-0.25, -0.2) is 0 Å². The number of hydrogen-bond donors (Lipinski definition) is 1. The van der Waals surface area contributed by atoms with Crippen LogP contribution in [0.5, 0.6) is 0 Å². The van der Waals surface area contributed by atoms with E-state index < -0.39 is 0 Å². The Morgan fingerprint density at radius 1 is 0.929 bits per heavy atom. The van der Waals surface area contributed by atoms with Crippen LogP contribution in [-0.2, 0) is 0 Å². The van der Waals surface area contributed by atoms with Crippen molar-refractivity contribution in [2.75, 3.05) is 6.54 Å². The Labute approximate surface area is 88.4 Å². The zero-order valence-electron chi connectivity index (χ0n) is 9.81. The summed E-state index contributed by atoms with van der Waals surface area (Å²) in [5.41, 5.74) is 7.21. The standard InChI is InChI=1S/C13H25N/c1-11(2)9-12-3-6-13(10-14,7-4-12)8-5-12/h11H,3-10,14H2,1-2H3. The lowest BCUT2D eigenvalue weighted by Gasteiger charge is -2.54. The van der Waals surface area contributed by atoms with Crippen molar-refractivity contribution in [3.05, 3.63) is 0 Å². The van der Waals surface area contributed by atoms with Crippen molar-refractivity contribution >= 4 is 0 Å². The second-order valence-corrected chi connectivity index (χ2v) is 6.30. The molecule has 0 aromatic carbocycles. The molecule has 14 heavy (non-hydrogen) atoms. The molecule has 0 aromatic rings. The van der Waals surface area contributed by atoms with Crippen LogP contribution in [0.4, 0.5) is 0 Å². The summed E-state index contributed by atoms with van der Waals surface area (Å²) in [6.07, 6.45) is 10.1. The number of nitrogens with two attached hydrogens (primary N) is 1. The molecule has 0 saturated heterocycles. The first kappa shape index (κ1) is 10.5. The van der Waals surface area contributed by atoms with Gasteiger partial charge in [0.1, 0.15) is 0 Å². The van der Waals surface area contributed by atoms with Gasteiger partial charge in [-0.3, -0.25) is 0 Å². The Hall–Kier alpha value is -0.0400. The highest BCUT2D eigenvalue weighted by Gasteiger charge is 2.47. The lowest BCUT2D eigenvalue weighted by atomic mass is 9.52. The quantitative estimate of drug-likeness (QED) is 0.734. The minimum absolute atomic E-state index is 0.568. The number of fused-ring (bicyclic) bond motifs is 3. The van der Waals surface area contributed by atoms with Gasteiger partial charge < -0.3 is 5.73 Å². The first-order valence-electron chi connectivity index (χ1n) is 6.30. The van der Waals surface area contributed by atoms with E-state index in [0.29, 0.717) is 5.41 Å². The van der Waals surface area contributed by atoms with E-state index in [4.69, 9.17) is 5.73 Å². The number of hydrogen-bond acceptors (Lipinski definition) is 1. The molecule has 3 aliphatic rings. The Balaban J connectivity index is 2.01. The van der Waals surface area contributed by atoms with Crippen LogP contribution in [0.1, 0.15) is 58.8 Å². The van der Waals surface area contributed by atoms with Crippen molar-refractivity contribution in [2.45, 2.75) is 58.8 Å². The third-order valence-electron chi connectivity index (χ3n) is 4.83. The van der Waals surface area contributed by atoms with E-state index in [-0.39, 0.29) is 0 Å². The molecule has 0 aromatic heterocycles. The third-order valence-corrected chi connectivity index (χ3v) is 4.83. The summed E-state index contributed by atoms with van der Waals surface area (Å²) in [5.74, 6) is 0.874. The Morgan fingerprint density at radius 2 is 1.36 bits per heavy atom. The van der Waals surface area contributed by atoms with Crippen LogP contribution in [0.3, 0.4) is 0 Å². The molecule has 2 N–H and O–H groups in total. The minimum Gasteiger partial charge on any atom is -0.330 e. The smallest absolute Gasteiger partial charge is 0.00205 e. The van der Waals surface area contributed by atoms with Crippen LogP contribution >= 0.6 is 0 Å². The molecule has 3 aliphatic carbocycles. The number of rotatable bonds is 3. The topological polar surface area (TPSA) is 26.0 Å². The molecule has 0 spiro atoms. The van der Waals surface area contributed by atoms with Crippen LogP contribution < -0.4 is 5.73 Å². The van der Waals surface area contributed by atoms with Gasteiger partial charge in [-0.2, -0.15) is 0 Å². The molecule has 0 amide bonds. The van der Waals surface area contributed by atoms with E-state index >= 15 is 0 Å². The highest BCUT2D eigenvalue weighted by Crippen LogP contribution is 2.58. The van der Waals surface area contributed by atoms with Crippen LogP contribution in [-0.4, -0.2) is 6.54 Å². The van der Waals surface area contributed by atoms with Gasteiger partial charge in [-0.1, -0.05) is 13.8 Å². The monoisotopic (exact) mass is 195 g/mol. The average Bonchev–Trinajstić information content (AvgIpc) is 2.19. The van der Waals surface area contributed by atoms with Gasteiger partial charge in [0.25, 0.3) is 0 Å². The van der Waals surface area contributed by atoms with Gasteiger partial charge in [0.05, 0.1) is 0 Å². The summed E-state index contributed by atoms with van der Waals surface area (Å²) in [5, 5.41) is 0. The molecule has 2 bridgehead atoms. The molecule has 1 heteroatoms. The average molecular weight is 195 g/mol. The second kappa shape index (κ2) is 3.52. The van der Waals surface area contributed by atoms with E-state index in [1.54, 1.807) is 0 Å². The van der Waals surface area contributed by atoms with Gasteiger partial charge >= 0.3 is 0 Å². The van der Waals surface area contributed by atoms with Gasteiger partial charge in [0.2, 0.25) is 0 Å². The molecule has 0 radical (unpaired) electrons. The van der Waals surface area contributed by atoms with Crippen LogP contribution in [0.15, 0.2) is 0 Å². The van der Waals surface area contributed by atoms with Crippen LogP contribution in [0, 0.1) is 16.7 Å². The first-order chi connectivity index (χ1) is 6.60. The van der Waals surface area contributed by atoms with Crippen molar-refractivity contribution in [3.63, 3.8) is 0 Å². The predicted molar refractivity (Wildman–Crippen MR) is 61.1 cm³/mol. The molecule has 3 fully saturated rings. The van der Waals surface area contributed by atoms with Crippen molar-refractivity contribution < 1.29 is 0 Å². The van der Waals surface area contributed by atoms with Crippen molar-refractivity contribution in [3.8, 4) is 0 Å². The van der Waals surface area contributed by atoms with Crippen molar-refractivity contribution in [2.24, 2.45) is 22.5 Å². The summed E-state index contributed by atoms with van der Waals surface area (Å²) in [6.45, 7) is 5.67. The van der Waals surface area contributed by atoms with Gasteiger partial charge in [0, 0.05) is 0 Å². The molecular formula is C13H25N. The summed E-state index contributed by atoms with van der Waals surface area (Å²) in [7, 11) is 0. The Bertz CT molecular complexity index is 183. The molecule has 0 aliphatic heterocycles. The molecule has 0 atom stereocenters. The maximum atomic E-state index is 5.92. The SMILES string of the molecule is CC(C)CC12CCC(CN)(CC1)CC2. The second-order valence-electron chi connectivity index (χ2n) is 6.30. The van der Waals surface area contributed by atoms with E-state index in [0.717, 1.165) is 17.9 Å². The molecule has 3 saturated carbocycles. The normalized spacial score (nSPS) is 42.0. The zero-order valence-corrected chi connectivity index (χ0v) is 9.81. The molecule has 82 valence electrons. The van der Waals surface area contributed by atoms with Crippen LogP contribution in [0.25, 0.3) is 0 Å². The van der Waals surface area contributed by atoms with Crippen molar-refractivity contribution in [1.29, 1.82) is 0 Å². The van der Waals surface area contributed by atoms with Crippen LogP contribution in [0.2, 0.25) is 0 Å². The fourth-order valence-corrected chi connectivity index (χ4v) is 3.82. The summed E-state index contributed by atoms with van der Waals surface area (Å²) < 4.78 is 0. The highest BCUT2D eigenvalue weighted by atomic mass is 14.6.